The lowest BCUT2D eigenvalue weighted by atomic mass is 9.62. The van der Waals surface area contributed by atoms with E-state index in [0.717, 1.165) is 40.5 Å². The van der Waals surface area contributed by atoms with Gasteiger partial charge >= 0.3 is 0 Å². The fourth-order valence-electron chi connectivity index (χ4n) is 9.91. The van der Waals surface area contributed by atoms with Gasteiger partial charge in [-0.15, -0.1) is 0 Å². The van der Waals surface area contributed by atoms with Gasteiger partial charge in [-0.25, -0.2) is 0 Å². The van der Waals surface area contributed by atoms with Crippen molar-refractivity contribution >= 4 is 39.0 Å². The molecule has 1 aliphatic carbocycles. The normalized spacial score (nSPS) is 14.5. The molecule has 0 bridgehead atoms. The number of hydrogen-bond donors (Lipinski definition) is 0. The van der Waals surface area contributed by atoms with Crippen LogP contribution in [-0.2, 0) is 5.41 Å². The second kappa shape index (κ2) is 13.3. The Bertz CT molecular complexity index is 2760. The number of benzene rings is 8. The molecule has 268 valence electrons. The van der Waals surface area contributed by atoms with Gasteiger partial charge in [0.1, 0.15) is 5.58 Å². The number of nitrogens with zero attached hydrogens (tertiary/aromatic N) is 1. The highest BCUT2D eigenvalue weighted by Crippen LogP contribution is 2.59. The molecule has 0 N–H and O–H groups in total. The zero-order chi connectivity index (χ0) is 37.1. The number of para-hydroxylation sites is 2. The third-order valence-corrected chi connectivity index (χ3v) is 12.5. The van der Waals surface area contributed by atoms with E-state index in [4.69, 9.17) is 4.42 Å². The molecule has 8 aromatic carbocycles. The summed E-state index contributed by atoms with van der Waals surface area (Å²) in [7, 11) is 0. The van der Waals surface area contributed by atoms with Gasteiger partial charge in [0, 0.05) is 16.2 Å². The minimum atomic E-state index is -0.142. The van der Waals surface area contributed by atoms with Crippen LogP contribution in [0.4, 0.5) is 17.1 Å². The topological polar surface area (TPSA) is 16.4 Å². The molecule has 2 heteroatoms. The first kappa shape index (κ1) is 32.8. The molecule has 11 rings (SSSR count). The largest absolute Gasteiger partial charge is 0.454 e. The summed E-state index contributed by atoms with van der Waals surface area (Å²) in [5.74, 6) is 0. The highest BCUT2D eigenvalue weighted by Gasteiger charge is 2.45. The molecule has 1 spiro atoms. The molecule has 1 aromatic heterocycles. The zero-order valence-corrected chi connectivity index (χ0v) is 31.3. The van der Waals surface area contributed by atoms with Gasteiger partial charge in [-0.05, 0) is 105 Å². The molecule has 0 unspecified atom stereocenters. The van der Waals surface area contributed by atoms with Crippen molar-refractivity contribution in [3.05, 3.63) is 199 Å². The van der Waals surface area contributed by atoms with E-state index in [1.165, 1.54) is 86.3 Å². The van der Waals surface area contributed by atoms with E-state index >= 15 is 0 Å². The Morgan fingerprint density at radius 3 is 1.43 bits per heavy atom. The van der Waals surface area contributed by atoms with Crippen molar-refractivity contribution in [1.82, 2.24) is 0 Å². The van der Waals surface area contributed by atoms with Crippen molar-refractivity contribution in [1.29, 1.82) is 0 Å². The minimum Gasteiger partial charge on any atom is -0.454 e. The maximum atomic E-state index is 6.78. The maximum absolute atomic E-state index is 6.78. The van der Waals surface area contributed by atoms with Crippen LogP contribution in [0, 0.1) is 0 Å². The van der Waals surface area contributed by atoms with Crippen LogP contribution in [0.1, 0.15) is 43.2 Å². The first-order chi connectivity index (χ1) is 27.8. The van der Waals surface area contributed by atoms with Crippen LogP contribution in [0.5, 0.6) is 0 Å². The van der Waals surface area contributed by atoms with E-state index in [9.17, 15) is 0 Å². The summed E-state index contributed by atoms with van der Waals surface area (Å²) >= 11 is 0. The minimum absolute atomic E-state index is 0.142. The molecule has 2 heterocycles. The van der Waals surface area contributed by atoms with Gasteiger partial charge in [-0.2, -0.15) is 0 Å². The van der Waals surface area contributed by atoms with Crippen molar-refractivity contribution in [2.24, 2.45) is 0 Å². The molecule has 1 fully saturated rings. The predicted molar refractivity (Wildman–Crippen MR) is 234 cm³/mol. The lowest BCUT2D eigenvalue weighted by Crippen LogP contribution is -2.37. The van der Waals surface area contributed by atoms with Crippen LogP contribution >= 0.6 is 0 Å². The Morgan fingerprint density at radius 1 is 0.375 bits per heavy atom. The number of anilines is 3. The van der Waals surface area contributed by atoms with E-state index in [0.29, 0.717) is 0 Å². The van der Waals surface area contributed by atoms with Gasteiger partial charge in [0.2, 0.25) is 0 Å². The fourth-order valence-corrected chi connectivity index (χ4v) is 9.91. The van der Waals surface area contributed by atoms with Crippen LogP contribution in [0.15, 0.2) is 192 Å². The molecule has 9 aromatic rings. The van der Waals surface area contributed by atoms with Gasteiger partial charge in [0.25, 0.3) is 0 Å². The second-order valence-corrected chi connectivity index (χ2v) is 15.5. The summed E-state index contributed by atoms with van der Waals surface area (Å²) in [6.07, 6.45) is 5.90. The summed E-state index contributed by atoms with van der Waals surface area (Å²) in [4.78, 5) is 2.51. The number of fused-ring (bicyclic) bond motifs is 7. The summed E-state index contributed by atoms with van der Waals surface area (Å²) in [6.45, 7) is 0. The summed E-state index contributed by atoms with van der Waals surface area (Å²) in [6, 6.07) is 69.0. The van der Waals surface area contributed by atoms with Crippen molar-refractivity contribution in [3.63, 3.8) is 0 Å². The molecule has 0 radical (unpaired) electrons. The van der Waals surface area contributed by atoms with Gasteiger partial charge in [0.15, 0.2) is 5.58 Å². The van der Waals surface area contributed by atoms with Gasteiger partial charge in [-0.1, -0.05) is 171 Å². The molecular formula is C54H41NO. The van der Waals surface area contributed by atoms with E-state index in [1.807, 2.05) is 0 Å². The molecule has 0 saturated heterocycles. The van der Waals surface area contributed by atoms with Crippen LogP contribution in [0.3, 0.4) is 0 Å². The van der Waals surface area contributed by atoms with E-state index < -0.39 is 0 Å². The van der Waals surface area contributed by atoms with Crippen LogP contribution in [0.25, 0.3) is 66.4 Å². The van der Waals surface area contributed by atoms with E-state index in [2.05, 4.69) is 193 Å². The summed E-state index contributed by atoms with van der Waals surface area (Å²) in [5, 5.41) is 2.28. The lowest BCUT2D eigenvalue weighted by Gasteiger charge is -2.48. The highest BCUT2D eigenvalue weighted by molar-refractivity contribution is 6.11. The Balaban J connectivity index is 1.19. The average molecular weight is 720 g/mol. The Labute approximate surface area is 328 Å². The van der Waals surface area contributed by atoms with Gasteiger partial charge in [0.05, 0.1) is 17.1 Å². The third-order valence-electron chi connectivity index (χ3n) is 12.5. The monoisotopic (exact) mass is 719 g/mol. The van der Waals surface area contributed by atoms with E-state index in [-0.39, 0.29) is 5.41 Å². The van der Waals surface area contributed by atoms with Crippen LogP contribution in [-0.4, -0.2) is 0 Å². The van der Waals surface area contributed by atoms with Gasteiger partial charge in [-0.3, -0.25) is 0 Å². The van der Waals surface area contributed by atoms with Crippen molar-refractivity contribution in [2.75, 3.05) is 4.90 Å². The predicted octanol–water partition coefficient (Wildman–Crippen LogP) is 15.3. The highest BCUT2D eigenvalue weighted by atomic mass is 16.3. The lowest BCUT2D eigenvalue weighted by molar-refractivity contribution is 0.344. The molecule has 0 atom stereocenters. The zero-order valence-electron chi connectivity index (χ0n) is 31.3. The van der Waals surface area contributed by atoms with Gasteiger partial charge < -0.3 is 9.32 Å². The second-order valence-electron chi connectivity index (χ2n) is 15.5. The molecule has 2 aliphatic rings. The molecule has 56 heavy (non-hydrogen) atoms. The van der Waals surface area contributed by atoms with Crippen molar-refractivity contribution in [2.45, 2.75) is 37.5 Å². The molecular weight excluding hydrogens is 679 g/mol. The smallest absolute Gasteiger partial charge is 0.159 e. The quantitative estimate of drug-likeness (QED) is 0.176. The number of furan rings is 1. The summed E-state index contributed by atoms with van der Waals surface area (Å²) < 4.78 is 6.78. The Kier molecular flexibility index (Phi) is 7.77. The molecule has 2 nitrogen and oxygen atoms in total. The number of rotatable bonds is 5. The first-order valence-corrected chi connectivity index (χ1v) is 20.1. The Hall–Kier alpha value is -6.64. The molecule has 0 amide bonds. The van der Waals surface area contributed by atoms with Crippen LogP contribution in [0.2, 0.25) is 0 Å². The maximum Gasteiger partial charge on any atom is 0.159 e. The molecule has 1 saturated carbocycles. The summed E-state index contributed by atoms with van der Waals surface area (Å²) in [5.41, 5.74) is 18.1. The van der Waals surface area contributed by atoms with Crippen molar-refractivity contribution in [3.8, 4) is 44.5 Å². The fraction of sp³-hybridized carbons (Fsp3) is 0.111. The molecule has 1 aliphatic heterocycles. The van der Waals surface area contributed by atoms with E-state index in [1.54, 1.807) is 0 Å². The SMILES string of the molecule is c1ccc(-c2ccccc2-c2ccc3c(c2)C2(CCCCC2)c2cc(-c4ccccc4-c4ccccc4)ccc2N3c2cccc3c2oc2ccccc23)cc1. The van der Waals surface area contributed by atoms with Crippen molar-refractivity contribution < 1.29 is 4.42 Å². The standard InChI is InChI=1S/C54H41NO/c1-4-17-37(18-5-1)41-21-8-10-23-43(41)39-29-31-49-47(35-39)54(33-14-3-15-34-54)48-36-40(44-24-11-9-22-42(44)38-19-6-2-7-20-38)30-32-50(48)55(49)51-27-16-26-46-45-25-12-13-28-52(45)56-53(46)51/h1-2,4-13,16-32,35-36H,3,14-15,33-34H2. The average Bonchev–Trinajstić information content (AvgIpc) is 3.67. The Morgan fingerprint density at radius 2 is 0.857 bits per heavy atom. The third kappa shape index (κ3) is 5.17. The number of hydrogen-bond acceptors (Lipinski definition) is 2. The van der Waals surface area contributed by atoms with Crippen LogP contribution < -0.4 is 4.90 Å². The first-order valence-electron chi connectivity index (χ1n) is 20.1.